The number of nitrogens with zero attached hydrogens (tertiary/aromatic N) is 1. The number of amides is 1. The summed E-state index contributed by atoms with van der Waals surface area (Å²) in [6, 6.07) is 7.43. The van der Waals surface area contributed by atoms with Gasteiger partial charge in [-0.25, -0.2) is 0 Å². The molecule has 0 unspecified atom stereocenters. The highest BCUT2D eigenvalue weighted by Crippen LogP contribution is 2.18. The average Bonchev–Trinajstić information content (AvgIpc) is 2.94. The minimum absolute atomic E-state index is 0.0917. The third-order valence-electron chi connectivity index (χ3n) is 3.32. The summed E-state index contributed by atoms with van der Waals surface area (Å²) in [5.74, 6) is -0.418. The van der Waals surface area contributed by atoms with Crippen LogP contribution >= 0.6 is 11.5 Å². The number of H-pyrrole nitrogens is 1. The average molecular weight is 329 g/mol. The minimum Gasteiger partial charge on any atom is -0.351 e. The summed E-state index contributed by atoms with van der Waals surface area (Å²) < 4.78 is 4.13. The van der Waals surface area contributed by atoms with Crippen LogP contribution in [0.3, 0.4) is 0 Å². The zero-order valence-electron chi connectivity index (χ0n) is 13.6. The number of para-hydroxylation sites is 1. The van der Waals surface area contributed by atoms with E-state index in [-0.39, 0.29) is 11.0 Å². The second-order valence-electron chi connectivity index (χ2n) is 4.77. The summed E-state index contributed by atoms with van der Waals surface area (Å²) in [6.45, 7) is 7.66. The number of pyridine rings is 1. The largest absolute Gasteiger partial charge is 0.351 e. The molecule has 0 bridgehead atoms. The van der Waals surface area contributed by atoms with Crippen LogP contribution in [0.25, 0.3) is 10.2 Å². The Bertz CT molecular complexity index is 896. The van der Waals surface area contributed by atoms with Crippen LogP contribution in [0.2, 0.25) is 0 Å². The highest BCUT2D eigenvalue weighted by Gasteiger charge is 2.16. The first-order chi connectivity index (χ1) is 11.1. The molecule has 1 amide bonds. The minimum atomic E-state index is -0.418. The summed E-state index contributed by atoms with van der Waals surface area (Å²) in [5.41, 5.74) is 2.08. The van der Waals surface area contributed by atoms with Crippen molar-refractivity contribution in [3.8, 4) is 0 Å². The summed E-state index contributed by atoms with van der Waals surface area (Å²) in [5, 5.41) is 3.25. The number of nitrogens with one attached hydrogen (secondary N) is 2. The number of benzene rings is 1. The quantitative estimate of drug-likeness (QED) is 0.749. The molecule has 0 fully saturated rings. The van der Waals surface area contributed by atoms with Gasteiger partial charge in [-0.05, 0) is 37.0 Å². The van der Waals surface area contributed by atoms with E-state index >= 15 is 0 Å². The fraction of sp³-hybridized carbons (Fsp3) is 0.235. The number of aromatic amines is 1. The van der Waals surface area contributed by atoms with Gasteiger partial charge in [-0.2, -0.15) is 4.37 Å². The molecule has 0 radical (unpaired) electrons. The lowest BCUT2D eigenvalue weighted by atomic mass is 10.1. The molecule has 23 heavy (non-hydrogen) atoms. The Balaban J connectivity index is 0.000000924. The molecule has 2 aromatic heterocycles. The Morgan fingerprint density at radius 1 is 1.22 bits per heavy atom. The van der Waals surface area contributed by atoms with Crippen LogP contribution in [-0.4, -0.2) is 15.3 Å². The van der Waals surface area contributed by atoms with E-state index in [1.807, 2.05) is 39.0 Å². The van der Waals surface area contributed by atoms with Crippen LogP contribution in [0, 0.1) is 13.8 Å². The van der Waals surface area contributed by atoms with Crippen molar-refractivity contribution in [3.05, 3.63) is 57.5 Å². The fourth-order valence-electron chi connectivity index (χ4n) is 2.15. The number of carbonyl (C=O) groups is 1. The zero-order chi connectivity index (χ0) is 17.0. The fourth-order valence-corrected chi connectivity index (χ4v) is 2.91. The van der Waals surface area contributed by atoms with Crippen molar-refractivity contribution < 1.29 is 4.79 Å². The second-order valence-corrected chi connectivity index (χ2v) is 5.55. The lowest BCUT2D eigenvalue weighted by Gasteiger charge is -2.07. The van der Waals surface area contributed by atoms with Crippen molar-refractivity contribution in [1.29, 1.82) is 0 Å². The molecule has 0 aliphatic rings. The first kappa shape index (κ1) is 16.9. The van der Waals surface area contributed by atoms with Gasteiger partial charge < -0.3 is 10.3 Å². The first-order valence-electron chi connectivity index (χ1n) is 7.42. The van der Waals surface area contributed by atoms with Crippen molar-refractivity contribution in [2.75, 3.05) is 5.32 Å². The molecule has 6 heteroatoms. The van der Waals surface area contributed by atoms with Gasteiger partial charge in [-0.15, -0.1) is 0 Å². The van der Waals surface area contributed by atoms with E-state index < -0.39 is 5.91 Å². The van der Waals surface area contributed by atoms with E-state index in [2.05, 4.69) is 14.7 Å². The van der Waals surface area contributed by atoms with E-state index in [0.29, 0.717) is 21.6 Å². The van der Waals surface area contributed by atoms with E-state index in [1.165, 1.54) is 17.7 Å². The van der Waals surface area contributed by atoms with Crippen molar-refractivity contribution in [2.24, 2.45) is 0 Å². The van der Waals surface area contributed by atoms with Crippen LogP contribution in [0.4, 0.5) is 5.69 Å². The predicted octanol–water partition coefficient (Wildman–Crippen LogP) is 3.88. The normalized spacial score (nSPS) is 10.1. The Hall–Kier alpha value is -2.47. The molecule has 0 atom stereocenters. The lowest BCUT2D eigenvalue weighted by molar-refractivity contribution is 0.102. The number of carbonyl (C=O) groups excluding carboxylic acids is 1. The monoisotopic (exact) mass is 329 g/mol. The van der Waals surface area contributed by atoms with Crippen molar-refractivity contribution in [3.63, 3.8) is 0 Å². The molecule has 2 N–H and O–H groups in total. The van der Waals surface area contributed by atoms with Crippen molar-refractivity contribution >= 4 is 33.3 Å². The molecule has 0 spiro atoms. The second kappa shape index (κ2) is 7.19. The lowest BCUT2D eigenvalue weighted by Crippen LogP contribution is -2.22. The van der Waals surface area contributed by atoms with Crippen LogP contribution in [0.1, 0.15) is 35.5 Å². The molecular formula is C17H19N3O2S. The summed E-state index contributed by atoms with van der Waals surface area (Å²) >= 11 is 1.22. The smallest absolute Gasteiger partial charge is 0.261 e. The Morgan fingerprint density at radius 2 is 1.91 bits per heavy atom. The summed E-state index contributed by atoms with van der Waals surface area (Å²) in [6.07, 6.45) is 1.44. The van der Waals surface area contributed by atoms with Crippen LogP contribution in [0.5, 0.6) is 0 Å². The van der Waals surface area contributed by atoms with Crippen LogP contribution in [0.15, 0.2) is 35.3 Å². The maximum absolute atomic E-state index is 12.4. The number of fused-ring (bicyclic) bond motifs is 1. The maximum Gasteiger partial charge on any atom is 0.261 e. The van der Waals surface area contributed by atoms with Gasteiger partial charge in [0.25, 0.3) is 5.91 Å². The SMILES string of the molecule is CC.Cc1ccccc1NC(=O)c1c[nH]c2snc(C)c2c1=O. The molecule has 5 nitrogen and oxygen atoms in total. The van der Waals surface area contributed by atoms with Crippen LogP contribution in [-0.2, 0) is 0 Å². The molecule has 0 saturated carbocycles. The number of aryl methyl sites for hydroxylation is 2. The molecular weight excluding hydrogens is 310 g/mol. The Morgan fingerprint density at radius 3 is 2.61 bits per heavy atom. The van der Waals surface area contributed by atoms with Crippen molar-refractivity contribution in [2.45, 2.75) is 27.7 Å². The number of rotatable bonds is 2. The predicted molar refractivity (Wildman–Crippen MR) is 95.5 cm³/mol. The highest BCUT2D eigenvalue weighted by atomic mass is 32.1. The summed E-state index contributed by atoms with van der Waals surface area (Å²) in [7, 11) is 0. The molecule has 0 aliphatic carbocycles. The topological polar surface area (TPSA) is 74.8 Å². The standard InChI is InChI=1S/C15H13N3O2S.C2H6/c1-8-5-3-4-6-11(8)17-14(20)10-7-16-15-12(13(10)19)9(2)18-21-15;1-2/h3-7H,1-2H3,(H,16,19)(H,17,20);1-2H3. The highest BCUT2D eigenvalue weighted by molar-refractivity contribution is 7.12. The van der Waals surface area contributed by atoms with Gasteiger partial charge >= 0.3 is 0 Å². The van der Waals surface area contributed by atoms with Gasteiger partial charge in [-0.3, -0.25) is 9.59 Å². The maximum atomic E-state index is 12.4. The molecule has 1 aromatic carbocycles. The third kappa shape index (κ3) is 3.32. The molecule has 0 saturated heterocycles. The van der Waals surface area contributed by atoms with E-state index in [4.69, 9.17) is 0 Å². The van der Waals surface area contributed by atoms with Gasteiger partial charge in [0, 0.05) is 11.9 Å². The van der Waals surface area contributed by atoms with E-state index in [9.17, 15) is 9.59 Å². The Kier molecular flexibility index (Phi) is 5.28. The number of aromatic nitrogens is 2. The van der Waals surface area contributed by atoms with E-state index in [0.717, 1.165) is 5.56 Å². The summed E-state index contributed by atoms with van der Waals surface area (Å²) in [4.78, 5) is 28.4. The van der Waals surface area contributed by atoms with Gasteiger partial charge in [0.2, 0.25) is 5.43 Å². The first-order valence-corrected chi connectivity index (χ1v) is 8.20. The molecule has 120 valence electrons. The molecule has 2 heterocycles. The molecule has 3 rings (SSSR count). The molecule has 0 aliphatic heterocycles. The molecule has 3 aromatic rings. The third-order valence-corrected chi connectivity index (χ3v) is 4.19. The van der Waals surface area contributed by atoms with Crippen molar-refractivity contribution in [1.82, 2.24) is 9.36 Å². The van der Waals surface area contributed by atoms with Gasteiger partial charge in [0.05, 0.1) is 11.1 Å². The number of hydrogen-bond acceptors (Lipinski definition) is 4. The van der Waals surface area contributed by atoms with Gasteiger partial charge in [-0.1, -0.05) is 32.0 Å². The zero-order valence-corrected chi connectivity index (χ0v) is 14.4. The van der Waals surface area contributed by atoms with Crippen LogP contribution < -0.4 is 10.7 Å². The number of hydrogen-bond donors (Lipinski definition) is 2. The number of anilines is 1. The van der Waals surface area contributed by atoms with Gasteiger partial charge in [0.15, 0.2) is 0 Å². The Labute approximate surface area is 138 Å². The van der Waals surface area contributed by atoms with Gasteiger partial charge in [0.1, 0.15) is 10.4 Å². The van der Waals surface area contributed by atoms with E-state index in [1.54, 1.807) is 13.0 Å².